The minimum atomic E-state index is -0.516. The topological polar surface area (TPSA) is 71.8 Å². The van der Waals surface area contributed by atoms with Crippen LogP contribution in [0.15, 0.2) is 57.7 Å². The van der Waals surface area contributed by atoms with Gasteiger partial charge < -0.3 is 19.4 Å². The largest absolute Gasteiger partial charge is 0.484 e. The van der Waals surface area contributed by atoms with Crippen molar-refractivity contribution in [3.8, 4) is 16.9 Å². The van der Waals surface area contributed by atoms with Crippen molar-refractivity contribution in [3.63, 3.8) is 0 Å². The summed E-state index contributed by atoms with van der Waals surface area (Å²) in [5.74, 6) is 0.440. The summed E-state index contributed by atoms with van der Waals surface area (Å²) >= 11 is 0. The number of nitrogens with one attached hydrogen (secondary N) is 1. The maximum absolute atomic E-state index is 13.2. The average molecular weight is 465 g/mol. The molecule has 7 heteroatoms. The van der Waals surface area contributed by atoms with Crippen LogP contribution in [0.1, 0.15) is 32.1 Å². The van der Waals surface area contributed by atoms with Gasteiger partial charge in [0.2, 0.25) is 0 Å². The quantitative estimate of drug-likeness (QED) is 0.549. The number of carbonyl (C=O) groups excluding carboxylic acids is 1. The van der Waals surface area contributed by atoms with Crippen molar-refractivity contribution in [2.45, 2.75) is 38.1 Å². The number of rotatable bonds is 6. The molecular formula is C27H29FN2O4. The van der Waals surface area contributed by atoms with Gasteiger partial charge in [0.05, 0.1) is 5.56 Å². The predicted molar refractivity (Wildman–Crippen MR) is 128 cm³/mol. The first-order valence-corrected chi connectivity index (χ1v) is 12.0. The van der Waals surface area contributed by atoms with Gasteiger partial charge in [-0.2, -0.15) is 0 Å². The molecule has 2 fully saturated rings. The van der Waals surface area contributed by atoms with Gasteiger partial charge >= 0.3 is 5.63 Å². The molecule has 2 unspecified atom stereocenters. The van der Waals surface area contributed by atoms with E-state index in [1.807, 2.05) is 0 Å². The Hall–Kier alpha value is -3.19. The number of nitrogens with zero attached hydrogens (tertiary/aromatic N) is 1. The van der Waals surface area contributed by atoms with Crippen molar-refractivity contribution in [1.29, 1.82) is 0 Å². The van der Waals surface area contributed by atoms with Crippen molar-refractivity contribution in [2.24, 2.45) is 5.92 Å². The van der Waals surface area contributed by atoms with E-state index in [2.05, 4.69) is 10.2 Å². The molecule has 34 heavy (non-hydrogen) atoms. The highest BCUT2D eigenvalue weighted by Crippen LogP contribution is 2.30. The SMILES string of the molecule is O=C(COc1ccc2cc(-c3ccc(F)cc3)c(=O)oc2c1)NCC1CCCN2CCCCC12. The minimum Gasteiger partial charge on any atom is -0.484 e. The first-order chi connectivity index (χ1) is 16.6. The molecule has 1 amide bonds. The first-order valence-electron chi connectivity index (χ1n) is 12.0. The summed E-state index contributed by atoms with van der Waals surface area (Å²) in [7, 11) is 0. The van der Waals surface area contributed by atoms with Gasteiger partial charge in [0.15, 0.2) is 6.61 Å². The monoisotopic (exact) mass is 464 g/mol. The van der Waals surface area contributed by atoms with Crippen molar-refractivity contribution in [3.05, 3.63) is 64.8 Å². The Morgan fingerprint density at radius 2 is 1.88 bits per heavy atom. The van der Waals surface area contributed by atoms with Gasteiger partial charge in [-0.15, -0.1) is 0 Å². The summed E-state index contributed by atoms with van der Waals surface area (Å²) < 4.78 is 24.3. The van der Waals surface area contributed by atoms with Gasteiger partial charge in [-0.3, -0.25) is 4.79 Å². The molecular weight excluding hydrogens is 435 g/mol. The van der Waals surface area contributed by atoms with E-state index in [1.165, 1.54) is 50.9 Å². The van der Waals surface area contributed by atoms with Crippen LogP contribution in [0.5, 0.6) is 5.75 Å². The molecule has 1 N–H and O–H groups in total. The molecule has 178 valence electrons. The van der Waals surface area contributed by atoms with Crippen LogP contribution in [0.4, 0.5) is 4.39 Å². The highest BCUT2D eigenvalue weighted by Gasteiger charge is 2.32. The maximum atomic E-state index is 13.2. The molecule has 3 aromatic rings. The van der Waals surface area contributed by atoms with Crippen molar-refractivity contribution >= 4 is 16.9 Å². The van der Waals surface area contributed by atoms with Crippen molar-refractivity contribution < 1.29 is 18.3 Å². The lowest BCUT2D eigenvalue weighted by molar-refractivity contribution is -0.123. The highest BCUT2D eigenvalue weighted by atomic mass is 19.1. The lowest BCUT2D eigenvalue weighted by Crippen LogP contribution is -2.51. The van der Waals surface area contributed by atoms with Gasteiger partial charge in [-0.1, -0.05) is 18.6 Å². The van der Waals surface area contributed by atoms with E-state index in [9.17, 15) is 14.0 Å². The van der Waals surface area contributed by atoms with Crippen LogP contribution in [0.2, 0.25) is 0 Å². The van der Waals surface area contributed by atoms with E-state index in [0.717, 1.165) is 6.42 Å². The Bertz CT molecular complexity index is 1220. The number of fused-ring (bicyclic) bond motifs is 2. The fourth-order valence-corrected chi connectivity index (χ4v) is 5.27. The molecule has 0 radical (unpaired) electrons. The second kappa shape index (κ2) is 9.97. The smallest absolute Gasteiger partial charge is 0.344 e. The van der Waals surface area contributed by atoms with Crippen LogP contribution in [-0.4, -0.2) is 43.1 Å². The fraction of sp³-hybridized carbons (Fsp3) is 0.407. The van der Waals surface area contributed by atoms with Gasteiger partial charge in [-0.25, -0.2) is 9.18 Å². The zero-order valence-electron chi connectivity index (χ0n) is 19.1. The lowest BCUT2D eigenvalue weighted by atomic mass is 9.83. The van der Waals surface area contributed by atoms with E-state index >= 15 is 0 Å². The van der Waals surface area contributed by atoms with Gasteiger partial charge in [0.1, 0.15) is 17.1 Å². The van der Waals surface area contributed by atoms with E-state index < -0.39 is 5.63 Å². The summed E-state index contributed by atoms with van der Waals surface area (Å²) in [5, 5.41) is 3.75. The van der Waals surface area contributed by atoms with Crippen molar-refractivity contribution in [2.75, 3.05) is 26.2 Å². The second-order valence-corrected chi connectivity index (χ2v) is 9.25. The summed E-state index contributed by atoms with van der Waals surface area (Å²) in [6.07, 6.45) is 6.13. The van der Waals surface area contributed by atoms with Crippen LogP contribution < -0.4 is 15.7 Å². The molecule has 0 spiro atoms. The zero-order chi connectivity index (χ0) is 23.5. The van der Waals surface area contributed by atoms with Crippen LogP contribution in [0, 0.1) is 11.7 Å². The number of benzene rings is 2. The molecule has 5 rings (SSSR count). The molecule has 2 atom stereocenters. The number of hydrogen-bond donors (Lipinski definition) is 1. The summed E-state index contributed by atoms with van der Waals surface area (Å²) in [5.41, 5.74) is 0.801. The normalized spacial score (nSPS) is 20.6. The minimum absolute atomic E-state index is 0.0928. The Morgan fingerprint density at radius 3 is 2.74 bits per heavy atom. The Kier molecular flexibility index (Phi) is 6.63. The molecule has 1 aromatic heterocycles. The Balaban J connectivity index is 1.19. The van der Waals surface area contributed by atoms with Gasteiger partial charge in [-0.05, 0) is 80.6 Å². The molecule has 2 saturated heterocycles. The van der Waals surface area contributed by atoms with Crippen LogP contribution in [0.25, 0.3) is 22.1 Å². The van der Waals surface area contributed by atoms with Gasteiger partial charge in [0.25, 0.3) is 5.91 Å². The number of amides is 1. The summed E-state index contributed by atoms with van der Waals surface area (Å²) in [4.78, 5) is 27.5. The first kappa shape index (κ1) is 22.6. The third kappa shape index (κ3) is 4.99. The standard InChI is InChI=1S/C27H29FN2O4/c28-21-9-6-18(7-10-21)23-14-19-8-11-22(15-25(19)34-27(23)32)33-17-26(31)29-16-20-4-3-13-30-12-2-1-5-24(20)30/h6-11,14-15,20,24H,1-5,12-13,16-17H2,(H,29,31). The van der Waals surface area contributed by atoms with E-state index in [1.54, 1.807) is 36.4 Å². The molecule has 0 bridgehead atoms. The summed E-state index contributed by atoms with van der Waals surface area (Å²) in [6.45, 7) is 2.95. The number of halogens is 1. The molecule has 2 aromatic carbocycles. The Morgan fingerprint density at radius 1 is 1.06 bits per heavy atom. The second-order valence-electron chi connectivity index (χ2n) is 9.25. The van der Waals surface area contributed by atoms with Crippen LogP contribution >= 0.6 is 0 Å². The Labute approximate surface area is 197 Å². The molecule has 2 aliphatic heterocycles. The van der Waals surface area contributed by atoms with Crippen molar-refractivity contribution in [1.82, 2.24) is 10.2 Å². The molecule has 0 saturated carbocycles. The maximum Gasteiger partial charge on any atom is 0.344 e. The zero-order valence-corrected chi connectivity index (χ0v) is 19.1. The van der Waals surface area contributed by atoms with E-state index in [-0.39, 0.29) is 18.3 Å². The van der Waals surface area contributed by atoms with Crippen LogP contribution in [-0.2, 0) is 4.79 Å². The molecule has 6 nitrogen and oxygen atoms in total. The highest BCUT2D eigenvalue weighted by molar-refractivity contribution is 5.83. The number of carbonyl (C=O) groups is 1. The number of ether oxygens (including phenoxy) is 1. The third-order valence-corrected chi connectivity index (χ3v) is 7.02. The molecule has 2 aliphatic rings. The van der Waals surface area contributed by atoms with Gasteiger partial charge in [0, 0.05) is 24.0 Å². The summed E-state index contributed by atoms with van der Waals surface area (Å²) in [6, 6.07) is 13.1. The average Bonchev–Trinajstić information content (AvgIpc) is 2.86. The number of hydrogen-bond acceptors (Lipinski definition) is 5. The van der Waals surface area contributed by atoms with Crippen LogP contribution in [0.3, 0.4) is 0 Å². The third-order valence-electron chi connectivity index (χ3n) is 7.02. The number of piperidine rings is 2. The fourth-order valence-electron chi connectivity index (χ4n) is 5.27. The predicted octanol–water partition coefficient (Wildman–Crippen LogP) is 4.36. The lowest BCUT2D eigenvalue weighted by Gasteiger charge is -2.44. The molecule has 0 aliphatic carbocycles. The van der Waals surface area contributed by atoms with E-state index in [4.69, 9.17) is 9.15 Å². The van der Waals surface area contributed by atoms with E-state index in [0.29, 0.717) is 46.4 Å². The molecule has 3 heterocycles.